The van der Waals surface area contributed by atoms with E-state index in [2.05, 4.69) is 21.9 Å². The van der Waals surface area contributed by atoms with Crippen molar-refractivity contribution in [2.45, 2.75) is 50.6 Å². The predicted molar refractivity (Wildman–Crippen MR) is 90.4 cm³/mol. The number of nitrogens with zero attached hydrogens (tertiary/aromatic N) is 3. The molecule has 0 radical (unpaired) electrons. The zero-order valence-corrected chi connectivity index (χ0v) is 15.0. The van der Waals surface area contributed by atoms with Crippen LogP contribution in [-0.2, 0) is 4.74 Å². The smallest absolute Gasteiger partial charge is 0.320 e. The normalized spacial score (nSPS) is 27.4. The number of carbonyl (C=O) groups is 1. The number of nitrogens with one attached hydrogen (secondary N) is 1. The number of carbonyl (C=O) groups excluding carboxylic acids is 1. The van der Waals surface area contributed by atoms with Gasteiger partial charge in [0.25, 0.3) is 0 Å². The van der Waals surface area contributed by atoms with Gasteiger partial charge in [-0.2, -0.15) is 9.97 Å². The van der Waals surface area contributed by atoms with Crippen LogP contribution in [0.1, 0.15) is 38.5 Å². The summed E-state index contributed by atoms with van der Waals surface area (Å²) in [5, 5.41) is 3.02. The molecule has 0 aromatic carbocycles. The summed E-state index contributed by atoms with van der Waals surface area (Å²) in [6, 6.07) is 1.68. The molecule has 0 unspecified atom stereocenters. The Morgan fingerprint density at radius 1 is 1.44 bits per heavy atom. The third-order valence-electron chi connectivity index (χ3n) is 4.59. The van der Waals surface area contributed by atoms with E-state index in [0.717, 1.165) is 6.42 Å². The monoisotopic (exact) mass is 348 g/mol. The second kappa shape index (κ2) is 6.51. The van der Waals surface area contributed by atoms with E-state index in [4.69, 9.17) is 14.2 Å². The van der Waals surface area contributed by atoms with Crippen molar-refractivity contribution in [2.24, 2.45) is 0 Å². The first kappa shape index (κ1) is 17.5. The molecule has 2 fully saturated rings. The van der Waals surface area contributed by atoms with Crippen molar-refractivity contribution in [2.75, 3.05) is 14.2 Å². The van der Waals surface area contributed by atoms with Gasteiger partial charge in [0.1, 0.15) is 11.8 Å². The largest absolute Gasteiger partial charge is 0.481 e. The fourth-order valence-corrected chi connectivity index (χ4v) is 3.58. The van der Waals surface area contributed by atoms with Gasteiger partial charge in [0.15, 0.2) is 0 Å². The molecule has 3 atom stereocenters. The highest BCUT2D eigenvalue weighted by Gasteiger charge is 2.53. The molecule has 1 aromatic heterocycles. The van der Waals surface area contributed by atoms with E-state index in [0.29, 0.717) is 18.0 Å². The first-order valence-corrected chi connectivity index (χ1v) is 8.25. The summed E-state index contributed by atoms with van der Waals surface area (Å²) in [6.07, 6.45) is 2.87. The molecule has 0 bridgehead atoms. The molecular weight excluding hydrogens is 324 g/mol. The maximum Gasteiger partial charge on any atom is 0.320 e. The molecule has 25 heavy (non-hydrogen) atoms. The number of ether oxygens (including phenoxy) is 3. The molecule has 136 valence electrons. The summed E-state index contributed by atoms with van der Waals surface area (Å²) in [5.41, 5.74) is -0.111. The molecule has 8 heteroatoms. The lowest BCUT2D eigenvalue weighted by molar-refractivity contribution is -0.0632. The molecule has 1 aromatic rings. The average Bonchev–Trinajstić information content (AvgIpc) is 2.86. The number of aromatic nitrogens is 2. The van der Waals surface area contributed by atoms with E-state index in [1.165, 1.54) is 14.2 Å². The fourth-order valence-electron chi connectivity index (χ4n) is 3.58. The van der Waals surface area contributed by atoms with Gasteiger partial charge in [-0.25, -0.2) is 4.79 Å². The summed E-state index contributed by atoms with van der Waals surface area (Å²) in [7, 11) is 3.03. The maximum absolute atomic E-state index is 12.6. The van der Waals surface area contributed by atoms with E-state index >= 15 is 0 Å². The quantitative estimate of drug-likeness (QED) is 0.820. The number of hydrogen-bond acceptors (Lipinski definition) is 6. The molecule has 8 nitrogen and oxygen atoms in total. The van der Waals surface area contributed by atoms with Crippen LogP contribution < -0.4 is 14.8 Å². The Morgan fingerprint density at radius 3 is 2.84 bits per heavy atom. The highest BCUT2D eigenvalue weighted by atomic mass is 16.5. The van der Waals surface area contributed by atoms with Crippen molar-refractivity contribution in [3.63, 3.8) is 0 Å². The van der Waals surface area contributed by atoms with Crippen molar-refractivity contribution < 1.29 is 19.0 Å². The highest BCUT2D eigenvalue weighted by Crippen LogP contribution is 2.44. The van der Waals surface area contributed by atoms with Gasteiger partial charge in [-0.15, -0.1) is 6.58 Å². The minimum atomic E-state index is -0.746. The molecule has 0 saturated carbocycles. The zero-order valence-electron chi connectivity index (χ0n) is 15.0. The van der Waals surface area contributed by atoms with Gasteiger partial charge in [0, 0.05) is 12.1 Å². The fraction of sp³-hybridized carbons (Fsp3) is 0.588. The summed E-state index contributed by atoms with van der Waals surface area (Å²) in [6.45, 7) is 7.52. The molecule has 0 spiro atoms. The van der Waals surface area contributed by atoms with Gasteiger partial charge >= 0.3 is 12.0 Å². The molecule has 2 aliphatic rings. The second-order valence-corrected chi connectivity index (χ2v) is 6.65. The molecule has 2 amide bonds. The van der Waals surface area contributed by atoms with Crippen LogP contribution in [0.25, 0.3) is 0 Å². The van der Waals surface area contributed by atoms with E-state index in [1.807, 2.05) is 19.9 Å². The Hall–Kier alpha value is -2.35. The standard InChI is InChI=1S/C17H24N4O4/c1-6-7-10-8-12-14(25-17(2,3)21(12)16(22)18-10)11-9-13(23-4)20-15(19-11)24-5/h6,9-10,12,14H,1,7-8H2,2-5H3,(H,18,22)/t10-,12-,14+/m1/s1. The van der Waals surface area contributed by atoms with Crippen LogP contribution in [-0.4, -0.2) is 52.9 Å². The third kappa shape index (κ3) is 3.13. The number of urea groups is 1. The molecule has 2 aliphatic heterocycles. The molecule has 2 saturated heterocycles. The van der Waals surface area contributed by atoms with E-state index < -0.39 is 5.72 Å². The second-order valence-electron chi connectivity index (χ2n) is 6.65. The van der Waals surface area contributed by atoms with Gasteiger partial charge < -0.3 is 19.5 Å². The first-order chi connectivity index (χ1) is 11.9. The number of fused-ring (bicyclic) bond motifs is 1. The Bertz CT molecular complexity index is 656. The van der Waals surface area contributed by atoms with Crippen LogP contribution in [0, 0.1) is 0 Å². The molecule has 1 N–H and O–H groups in total. The van der Waals surface area contributed by atoms with Crippen LogP contribution in [0.5, 0.6) is 11.9 Å². The minimum absolute atomic E-state index is 0.0249. The average molecular weight is 348 g/mol. The van der Waals surface area contributed by atoms with Crippen molar-refractivity contribution in [1.82, 2.24) is 20.2 Å². The number of hydrogen-bond donors (Lipinski definition) is 1. The van der Waals surface area contributed by atoms with Gasteiger partial charge in [-0.3, -0.25) is 4.90 Å². The number of amides is 2. The van der Waals surface area contributed by atoms with Gasteiger partial charge in [-0.05, 0) is 26.7 Å². The minimum Gasteiger partial charge on any atom is -0.481 e. The summed E-state index contributed by atoms with van der Waals surface area (Å²) < 4.78 is 16.6. The van der Waals surface area contributed by atoms with E-state index in [1.54, 1.807) is 11.0 Å². The lowest BCUT2D eigenvalue weighted by Gasteiger charge is -2.40. The van der Waals surface area contributed by atoms with Gasteiger partial charge in [0.05, 0.1) is 26.0 Å². The lowest BCUT2D eigenvalue weighted by Crippen LogP contribution is -2.59. The Labute approximate surface area is 147 Å². The lowest BCUT2D eigenvalue weighted by atomic mass is 9.94. The Morgan fingerprint density at radius 2 is 2.20 bits per heavy atom. The number of rotatable bonds is 5. The van der Waals surface area contributed by atoms with E-state index in [9.17, 15) is 4.79 Å². The third-order valence-corrected chi connectivity index (χ3v) is 4.59. The van der Waals surface area contributed by atoms with Gasteiger partial charge in [-0.1, -0.05) is 6.08 Å². The first-order valence-electron chi connectivity index (χ1n) is 8.25. The van der Waals surface area contributed by atoms with Crippen molar-refractivity contribution in [1.29, 1.82) is 0 Å². The van der Waals surface area contributed by atoms with E-state index in [-0.39, 0.29) is 30.2 Å². The van der Waals surface area contributed by atoms with Gasteiger partial charge in [0.2, 0.25) is 5.88 Å². The highest BCUT2D eigenvalue weighted by molar-refractivity contribution is 5.77. The van der Waals surface area contributed by atoms with Crippen LogP contribution >= 0.6 is 0 Å². The maximum atomic E-state index is 12.6. The van der Waals surface area contributed by atoms with Crippen molar-refractivity contribution in [3.05, 3.63) is 24.4 Å². The molecular formula is C17H24N4O4. The summed E-state index contributed by atoms with van der Waals surface area (Å²) >= 11 is 0. The Balaban J connectivity index is 1.98. The topological polar surface area (TPSA) is 85.8 Å². The van der Waals surface area contributed by atoms with Crippen molar-refractivity contribution in [3.8, 4) is 11.9 Å². The van der Waals surface area contributed by atoms with Crippen LogP contribution in [0.2, 0.25) is 0 Å². The molecule has 0 aliphatic carbocycles. The van der Waals surface area contributed by atoms with Crippen LogP contribution in [0.15, 0.2) is 18.7 Å². The van der Waals surface area contributed by atoms with Crippen LogP contribution in [0.3, 0.4) is 0 Å². The predicted octanol–water partition coefficient (Wildman–Crippen LogP) is 2.03. The Kier molecular flexibility index (Phi) is 4.55. The number of methoxy groups -OCH3 is 2. The van der Waals surface area contributed by atoms with Crippen LogP contribution in [0.4, 0.5) is 4.79 Å². The SMILES string of the molecule is C=CC[C@@H]1C[C@@H]2[C@H](c3cc(OC)nc(OC)n3)OC(C)(C)N2C(=O)N1. The molecule has 3 rings (SSSR count). The van der Waals surface area contributed by atoms with Crippen molar-refractivity contribution >= 4 is 6.03 Å². The molecule has 3 heterocycles. The zero-order chi connectivity index (χ0) is 18.2. The summed E-state index contributed by atoms with van der Waals surface area (Å²) in [5.74, 6) is 0.393. The summed E-state index contributed by atoms with van der Waals surface area (Å²) in [4.78, 5) is 22.9.